The molecule has 2 rings (SSSR count). The number of nitrogens with one attached hydrogen (secondary N) is 1. The van der Waals surface area contributed by atoms with Crippen molar-refractivity contribution in [2.75, 3.05) is 0 Å². The highest BCUT2D eigenvalue weighted by Crippen LogP contribution is 2.21. The molecule has 1 atom stereocenters. The van der Waals surface area contributed by atoms with Gasteiger partial charge in [-0.05, 0) is 12.5 Å². The van der Waals surface area contributed by atoms with Crippen molar-refractivity contribution in [2.45, 2.75) is 26.8 Å². The summed E-state index contributed by atoms with van der Waals surface area (Å²) < 4.78 is 1.94. The van der Waals surface area contributed by atoms with Crippen LogP contribution in [0.4, 0.5) is 0 Å². The Bertz CT molecular complexity index is 584. The monoisotopic (exact) mass is 271 g/mol. The van der Waals surface area contributed by atoms with Gasteiger partial charge in [0.2, 0.25) is 5.91 Å². The summed E-state index contributed by atoms with van der Waals surface area (Å²) in [6, 6.07) is 7.95. The van der Waals surface area contributed by atoms with E-state index in [1.807, 2.05) is 62.8 Å². The highest BCUT2D eigenvalue weighted by Gasteiger charge is 2.21. The molecular formula is C16H21N3O. The minimum absolute atomic E-state index is 0.0265. The summed E-state index contributed by atoms with van der Waals surface area (Å²) in [4.78, 5) is 16.4. The number of benzene rings is 1. The third kappa shape index (κ3) is 3.07. The fourth-order valence-corrected chi connectivity index (χ4v) is 2.02. The van der Waals surface area contributed by atoms with E-state index >= 15 is 0 Å². The van der Waals surface area contributed by atoms with Crippen molar-refractivity contribution in [1.82, 2.24) is 14.9 Å². The second-order valence-corrected chi connectivity index (χ2v) is 5.40. The number of hydrogen-bond donors (Lipinski definition) is 1. The van der Waals surface area contributed by atoms with E-state index in [4.69, 9.17) is 0 Å². The van der Waals surface area contributed by atoms with Crippen molar-refractivity contribution < 1.29 is 4.79 Å². The molecule has 4 heteroatoms. The molecule has 0 fully saturated rings. The molecule has 106 valence electrons. The predicted molar refractivity (Wildman–Crippen MR) is 79.2 cm³/mol. The van der Waals surface area contributed by atoms with Crippen LogP contribution in [-0.4, -0.2) is 15.5 Å². The molecule has 0 bridgehead atoms. The first-order valence-corrected chi connectivity index (χ1v) is 6.83. The largest absolute Gasteiger partial charge is 0.342 e. The van der Waals surface area contributed by atoms with Gasteiger partial charge in [-0.3, -0.25) is 4.79 Å². The Morgan fingerprint density at radius 1 is 1.25 bits per heavy atom. The van der Waals surface area contributed by atoms with Gasteiger partial charge < -0.3 is 9.88 Å². The SMILES string of the molecule is Cc1ccc(C(NC(=O)C(C)C)c2nccn2C)cc1. The standard InChI is InChI=1S/C16H21N3O/c1-11(2)16(20)18-14(15-17-9-10-19(15)4)13-7-5-12(3)6-8-13/h5-11,14H,1-4H3,(H,18,20). The molecule has 0 aliphatic heterocycles. The van der Waals surface area contributed by atoms with Crippen molar-refractivity contribution in [3.8, 4) is 0 Å². The van der Waals surface area contributed by atoms with Crippen molar-refractivity contribution in [3.05, 3.63) is 53.6 Å². The van der Waals surface area contributed by atoms with E-state index in [1.165, 1.54) is 5.56 Å². The van der Waals surface area contributed by atoms with Crippen molar-refractivity contribution in [1.29, 1.82) is 0 Å². The number of amides is 1. The second-order valence-electron chi connectivity index (χ2n) is 5.40. The molecule has 2 aromatic rings. The molecule has 1 unspecified atom stereocenters. The normalized spacial score (nSPS) is 12.4. The highest BCUT2D eigenvalue weighted by molar-refractivity contribution is 5.78. The summed E-state index contributed by atoms with van der Waals surface area (Å²) in [7, 11) is 1.94. The van der Waals surface area contributed by atoms with E-state index in [0.29, 0.717) is 0 Å². The molecule has 1 aromatic carbocycles. The topological polar surface area (TPSA) is 46.9 Å². The number of carbonyl (C=O) groups is 1. The Morgan fingerprint density at radius 2 is 1.90 bits per heavy atom. The van der Waals surface area contributed by atoms with Gasteiger partial charge in [0, 0.05) is 25.4 Å². The van der Waals surface area contributed by atoms with Crippen LogP contribution >= 0.6 is 0 Å². The van der Waals surface area contributed by atoms with Crippen LogP contribution in [0.2, 0.25) is 0 Å². The zero-order valence-electron chi connectivity index (χ0n) is 12.4. The molecule has 0 aliphatic carbocycles. The van der Waals surface area contributed by atoms with Gasteiger partial charge in [-0.1, -0.05) is 43.7 Å². The molecule has 0 saturated carbocycles. The van der Waals surface area contributed by atoms with E-state index in [-0.39, 0.29) is 17.9 Å². The lowest BCUT2D eigenvalue weighted by atomic mass is 10.0. The number of hydrogen-bond acceptors (Lipinski definition) is 2. The molecule has 1 heterocycles. The molecule has 0 aliphatic rings. The number of rotatable bonds is 4. The number of nitrogens with zero attached hydrogens (tertiary/aromatic N) is 2. The van der Waals surface area contributed by atoms with Gasteiger partial charge >= 0.3 is 0 Å². The van der Waals surface area contributed by atoms with E-state index in [9.17, 15) is 4.79 Å². The Balaban J connectivity index is 2.36. The summed E-state index contributed by atoms with van der Waals surface area (Å²) in [5.41, 5.74) is 2.24. The van der Waals surface area contributed by atoms with Gasteiger partial charge in [0.25, 0.3) is 0 Å². The van der Waals surface area contributed by atoms with E-state index in [2.05, 4.69) is 10.3 Å². The Labute approximate surface area is 119 Å². The van der Waals surface area contributed by atoms with Gasteiger partial charge in [-0.2, -0.15) is 0 Å². The first-order valence-electron chi connectivity index (χ1n) is 6.83. The van der Waals surface area contributed by atoms with E-state index in [1.54, 1.807) is 6.20 Å². The lowest BCUT2D eigenvalue weighted by molar-refractivity contribution is -0.124. The van der Waals surface area contributed by atoms with Gasteiger partial charge in [0.15, 0.2) is 0 Å². The number of imidazole rings is 1. The first kappa shape index (κ1) is 14.3. The minimum atomic E-state index is -0.217. The maximum Gasteiger partial charge on any atom is 0.223 e. The minimum Gasteiger partial charge on any atom is -0.342 e. The highest BCUT2D eigenvalue weighted by atomic mass is 16.1. The maximum absolute atomic E-state index is 12.1. The van der Waals surface area contributed by atoms with Gasteiger partial charge in [-0.25, -0.2) is 4.98 Å². The molecule has 0 spiro atoms. The van der Waals surface area contributed by atoms with Crippen LogP contribution < -0.4 is 5.32 Å². The zero-order valence-corrected chi connectivity index (χ0v) is 12.4. The molecule has 20 heavy (non-hydrogen) atoms. The van der Waals surface area contributed by atoms with Crippen LogP contribution in [-0.2, 0) is 11.8 Å². The van der Waals surface area contributed by atoms with Crippen molar-refractivity contribution in [3.63, 3.8) is 0 Å². The molecule has 1 N–H and O–H groups in total. The summed E-state index contributed by atoms with van der Waals surface area (Å²) in [5.74, 6) is 0.810. The fraction of sp³-hybridized carbons (Fsp3) is 0.375. The summed E-state index contributed by atoms with van der Waals surface area (Å²) in [6.07, 6.45) is 3.64. The smallest absolute Gasteiger partial charge is 0.223 e. The first-order chi connectivity index (χ1) is 9.49. The van der Waals surface area contributed by atoms with Crippen molar-refractivity contribution >= 4 is 5.91 Å². The van der Waals surface area contributed by atoms with Crippen LogP contribution in [0.1, 0.15) is 36.8 Å². The summed E-state index contributed by atoms with van der Waals surface area (Å²) in [5, 5.41) is 3.07. The van der Waals surface area contributed by atoms with Gasteiger partial charge in [0.1, 0.15) is 11.9 Å². The van der Waals surface area contributed by atoms with Crippen molar-refractivity contribution in [2.24, 2.45) is 13.0 Å². The Kier molecular flexibility index (Phi) is 4.23. The maximum atomic E-state index is 12.1. The zero-order chi connectivity index (χ0) is 14.7. The summed E-state index contributed by atoms with van der Waals surface area (Å²) >= 11 is 0. The third-order valence-corrected chi connectivity index (χ3v) is 3.34. The molecule has 0 saturated heterocycles. The average Bonchev–Trinajstić information content (AvgIpc) is 2.83. The second kappa shape index (κ2) is 5.90. The van der Waals surface area contributed by atoms with E-state index in [0.717, 1.165) is 11.4 Å². The Morgan fingerprint density at radius 3 is 2.40 bits per heavy atom. The molecule has 1 amide bonds. The van der Waals surface area contributed by atoms with Crippen LogP contribution in [0.15, 0.2) is 36.7 Å². The lowest BCUT2D eigenvalue weighted by Gasteiger charge is -2.20. The third-order valence-electron chi connectivity index (χ3n) is 3.34. The van der Waals surface area contributed by atoms with Crippen LogP contribution in [0.5, 0.6) is 0 Å². The number of aromatic nitrogens is 2. The molecule has 1 aromatic heterocycles. The molecule has 0 radical (unpaired) electrons. The van der Waals surface area contributed by atoms with Gasteiger partial charge in [-0.15, -0.1) is 0 Å². The van der Waals surface area contributed by atoms with E-state index < -0.39 is 0 Å². The fourth-order valence-electron chi connectivity index (χ4n) is 2.02. The van der Waals surface area contributed by atoms with Crippen LogP contribution in [0.3, 0.4) is 0 Å². The molecule has 4 nitrogen and oxygen atoms in total. The van der Waals surface area contributed by atoms with Crippen LogP contribution in [0, 0.1) is 12.8 Å². The average molecular weight is 271 g/mol. The number of carbonyl (C=O) groups excluding carboxylic acids is 1. The quantitative estimate of drug-likeness (QED) is 0.929. The lowest BCUT2D eigenvalue weighted by Crippen LogP contribution is -2.33. The predicted octanol–water partition coefficient (Wildman–Crippen LogP) is 2.59. The number of aryl methyl sites for hydroxylation is 2. The molecular weight excluding hydrogens is 250 g/mol. The summed E-state index contributed by atoms with van der Waals surface area (Å²) in [6.45, 7) is 5.83. The van der Waals surface area contributed by atoms with Crippen LogP contribution in [0.25, 0.3) is 0 Å². The Hall–Kier alpha value is -2.10. The van der Waals surface area contributed by atoms with Gasteiger partial charge in [0.05, 0.1) is 0 Å².